The number of halogens is 1. The normalized spacial score (nSPS) is 11.0. The Balaban J connectivity index is 1.77. The number of methoxy groups -OCH3 is 1. The van der Waals surface area contributed by atoms with E-state index in [0.29, 0.717) is 5.75 Å². The molecule has 0 saturated heterocycles. The second-order valence-corrected chi connectivity index (χ2v) is 9.11. The molecule has 7 nitrogen and oxygen atoms in total. The van der Waals surface area contributed by atoms with Gasteiger partial charge in [0.1, 0.15) is 16.4 Å². The zero-order valence-corrected chi connectivity index (χ0v) is 19.4. The number of para-hydroxylation sites is 1. The fraction of sp³-hybridized carbons (Fsp3) is 0.174. The van der Waals surface area contributed by atoms with Crippen LogP contribution in [-0.2, 0) is 14.8 Å². The highest BCUT2D eigenvalue weighted by Crippen LogP contribution is 2.31. The molecule has 0 aliphatic rings. The summed E-state index contributed by atoms with van der Waals surface area (Å²) < 4.78 is 39.2. The number of sulfonamides is 1. The Morgan fingerprint density at radius 2 is 1.75 bits per heavy atom. The fourth-order valence-corrected chi connectivity index (χ4v) is 4.43. The first kappa shape index (κ1) is 23.4. The van der Waals surface area contributed by atoms with Crippen molar-refractivity contribution in [3.05, 3.63) is 76.8 Å². The van der Waals surface area contributed by atoms with Crippen LogP contribution in [0.15, 0.2) is 65.6 Å². The molecule has 0 radical (unpaired) electrons. The van der Waals surface area contributed by atoms with Gasteiger partial charge < -0.3 is 14.8 Å². The Hall–Kier alpha value is -3.23. The van der Waals surface area contributed by atoms with E-state index in [1.54, 1.807) is 30.3 Å². The number of hydrogen-bond acceptors (Lipinski definition) is 5. The van der Waals surface area contributed by atoms with Crippen LogP contribution in [0, 0.1) is 13.8 Å². The van der Waals surface area contributed by atoms with E-state index in [-0.39, 0.29) is 33.6 Å². The maximum Gasteiger partial charge on any atom is 0.265 e. The standard InChI is InChI=1S/C23H23ClN2O5S/c1-15-8-9-16(2)21(12-15)31-14-23(27)25-17-10-11-20(30-3)22(13-17)32(28,29)26-19-7-5-4-6-18(19)24/h4-13,26H,14H2,1-3H3,(H,25,27). The van der Waals surface area contributed by atoms with Crippen LogP contribution < -0.4 is 19.5 Å². The van der Waals surface area contributed by atoms with Crippen molar-refractivity contribution in [3.8, 4) is 11.5 Å². The van der Waals surface area contributed by atoms with Gasteiger partial charge in [0.15, 0.2) is 6.61 Å². The van der Waals surface area contributed by atoms with Crippen molar-refractivity contribution < 1.29 is 22.7 Å². The van der Waals surface area contributed by atoms with Gasteiger partial charge in [-0.25, -0.2) is 8.42 Å². The van der Waals surface area contributed by atoms with Gasteiger partial charge in [0.25, 0.3) is 15.9 Å². The smallest absolute Gasteiger partial charge is 0.265 e. The molecule has 1 amide bonds. The van der Waals surface area contributed by atoms with E-state index in [0.717, 1.165) is 11.1 Å². The third-order valence-electron chi connectivity index (χ3n) is 4.56. The lowest BCUT2D eigenvalue weighted by atomic mass is 10.1. The van der Waals surface area contributed by atoms with Gasteiger partial charge in [-0.3, -0.25) is 9.52 Å². The molecule has 0 saturated carbocycles. The number of carbonyl (C=O) groups excluding carboxylic acids is 1. The number of amides is 1. The molecule has 3 aromatic rings. The van der Waals surface area contributed by atoms with Crippen LogP contribution in [0.3, 0.4) is 0 Å². The number of ether oxygens (including phenoxy) is 2. The minimum absolute atomic E-state index is 0.120. The lowest BCUT2D eigenvalue weighted by Crippen LogP contribution is -2.21. The van der Waals surface area contributed by atoms with Crippen molar-refractivity contribution in [2.24, 2.45) is 0 Å². The van der Waals surface area contributed by atoms with Crippen LogP contribution in [-0.4, -0.2) is 28.0 Å². The van der Waals surface area contributed by atoms with Crippen molar-refractivity contribution in [2.75, 3.05) is 23.8 Å². The van der Waals surface area contributed by atoms with E-state index in [4.69, 9.17) is 21.1 Å². The van der Waals surface area contributed by atoms with Crippen molar-refractivity contribution in [1.82, 2.24) is 0 Å². The van der Waals surface area contributed by atoms with Gasteiger partial charge in [-0.1, -0.05) is 35.9 Å². The minimum atomic E-state index is -4.04. The summed E-state index contributed by atoms with van der Waals surface area (Å²) in [6.45, 7) is 3.60. The third kappa shape index (κ3) is 5.72. The number of rotatable bonds is 8. The average molecular weight is 475 g/mol. The van der Waals surface area contributed by atoms with E-state index in [2.05, 4.69) is 10.0 Å². The molecule has 0 bridgehead atoms. The Bertz CT molecular complexity index is 1240. The number of benzene rings is 3. The molecule has 0 aliphatic carbocycles. The van der Waals surface area contributed by atoms with E-state index < -0.39 is 15.9 Å². The summed E-state index contributed by atoms with van der Waals surface area (Å²) in [5.41, 5.74) is 2.43. The summed E-state index contributed by atoms with van der Waals surface area (Å²) in [5, 5.41) is 2.90. The van der Waals surface area contributed by atoms with E-state index in [1.807, 2.05) is 32.0 Å². The maximum absolute atomic E-state index is 13.0. The molecule has 0 aliphatic heterocycles. The molecule has 3 aromatic carbocycles. The quantitative estimate of drug-likeness (QED) is 0.490. The molecular formula is C23H23ClN2O5S. The van der Waals surface area contributed by atoms with E-state index in [9.17, 15) is 13.2 Å². The third-order valence-corrected chi connectivity index (χ3v) is 6.27. The van der Waals surface area contributed by atoms with Crippen LogP contribution in [0.4, 0.5) is 11.4 Å². The molecule has 168 valence electrons. The van der Waals surface area contributed by atoms with E-state index >= 15 is 0 Å². The summed E-state index contributed by atoms with van der Waals surface area (Å²) in [4.78, 5) is 12.2. The highest BCUT2D eigenvalue weighted by atomic mass is 35.5. The zero-order valence-electron chi connectivity index (χ0n) is 17.8. The number of carbonyl (C=O) groups is 1. The molecule has 0 aromatic heterocycles. The minimum Gasteiger partial charge on any atom is -0.495 e. The predicted molar refractivity (Wildman–Crippen MR) is 125 cm³/mol. The highest BCUT2D eigenvalue weighted by Gasteiger charge is 2.22. The van der Waals surface area contributed by atoms with Crippen molar-refractivity contribution in [2.45, 2.75) is 18.7 Å². The van der Waals surface area contributed by atoms with Gasteiger partial charge in [0, 0.05) is 5.69 Å². The second-order valence-electron chi connectivity index (χ2n) is 7.06. The van der Waals surface area contributed by atoms with Gasteiger partial charge >= 0.3 is 0 Å². The summed E-state index contributed by atoms with van der Waals surface area (Å²) >= 11 is 6.07. The maximum atomic E-state index is 13.0. The summed E-state index contributed by atoms with van der Waals surface area (Å²) in [5.74, 6) is 0.301. The van der Waals surface area contributed by atoms with Crippen molar-refractivity contribution in [3.63, 3.8) is 0 Å². The number of aryl methyl sites for hydroxylation is 2. The monoisotopic (exact) mass is 474 g/mol. The van der Waals surface area contributed by atoms with Gasteiger partial charge in [0.2, 0.25) is 0 Å². The number of anilines is 2. The Morgan fingerprint density at radius 3 is 2.47 bits per heavy atom. The molecule has 0 unspecified atom stereocenters. The molecule has 0 spiro atoms. The molecule has 0 heterocycles. The summed E-state index contributed by atoms with van der Waals surface area (Å²) in [6, 6.07) is 16.5. The van der Waals surface area contributed by atoms with Crippen LogP contribution >= 0.6 is 11.6 Å². The summed E-state index contributed by atoms with van der Waals surface area (Å²) in [6.07, 6.45) is 0. The first-order valence-electron chi connectivity index (χ1n) is 9.65. The molecule has 0 fully saturated rings. The SMILES string of the molecule is COc1ccc(NC(=O)COc2cc(C)ccc2C)cc1S(=O)(=O)Nc1ccccc1Cl. The van der Waals surface area contributed by atoms with E-state index in [1.165, 1.54) is 19.2 Å². The second kappa shape index (κ2) is 9.93. The fourth-order valence-electron chi connectivity index (χ4n) is 2.91. The van der Waals surface area contributed by atoms with Crippen molar-refractivity contribution >= 4 is 38.9 Å². The Labute approximate surface area is 192 Å². The predicted octanol–water partition coefficient (Wildman–Crippen LogP) is 4.78. The molecule has 3 rings (SSSR count). The lowest BCUT2D eigenvalue weighted by molar-refractivity contribution is -0.118. The Morgan fingerprint density at radius 1 is 1.00 bits per heavy atom. The van der Waals surface area contributed by atoms with Crippen LogP contribution in [0.2, 0.25) is 5.02 Å². The number of hydrogen-bond donors (Lipinski definition) is 2. The molecule has 32 heavy (non-hydrogen) atoms. The zero-order chi connectivity index (χ0) is 23.3. The Kier molecular flexibility index (Phi) is 7.27. The molecule has 0 atom stereocenters. The first-order valence-corrected chi connectivity index (χ1v) is 11.5. The molecule has 9 heteroatoms. The highest BCUT2D eigenvalue weighted by molar-refractivity contribution is 7.92. The average Bonchev–Trinajstić information content (AvgIpc) is 2.76. The van der Waals surface area contributed by atoms with Gasteiger partial charge in [-0.05, 0) is 61.4 Å². The molecule has 2 N–H and O–H groups in total. The van der Waals surface area contributed by atoms with Crippen LogP contribution in [0.25, 0.3) is 0 Å². The van der Waals surface area contributed by atoms with Crippen LogP contribution in [0.1, 0.15) is 11.1 Å². The van der Waals surface area contributed by atoms with Crippen LogP contribution in [0.5, 0.6) is 11.5 Å². The van der Waals surface area contributed by atoms with Gasteiger partial charge in [-0.15, -0.1) is 0 Å². The van der Waals surface area contributed by atoms with Gasteiger partial charge in [0.05, 0.1) is 17.8 Å². The molecular weight excluding hydrogens is 452 g/mol. The lowest BCUT2D eigenvalue weighted by Gasteiger charge is -2.15. The topological polar surface area (TPSA) is 93.7 Å². The first-order chi connectivity index (χ1) is 15.2. The van der Waals surface area contributed by atoms with Gasteiger partial charge in [-0.2, -0.15) is 0 Å². The summed E-state index contributed by atoms with van der Waals surface area (Å²) in [7, 11) is -2.68. The largest absolute Gasteiger partial charge is 0.495 e. The number of nitrogens with one attached hydrogen (secondary N) is 2. The van der Waals surface area contributed by atoms with Crippen molar-refractivity contribution in [1.29, 1.82) is 0 Å².